The Balaban J connectivity index is 2.16. The maximum atomic E-state index is 5.67. The van der Waals surface area contributed by atoms with Gasteiger partial charge in [-0.2, -0.15) is 11.3 Å². The molecule has 0 atom stereocenters. The fourth-order valence-corrected chi connectivity index (χ4v) is 2.61. The van der Waals surface area contributed by atoms with Gasteiger partial charge >= 0.3 is 0 Å². The number of hydrogen-bond donors (Lipinski definition) is 0. The Kier molecular flexibility index (Phi) is 2.80. The van der Waals surface area contributed by atoms with Crippen molar-refractivity contribution in [1.29, 1.82) is 0 Å². The highest BCUT2D eigenvalue weighted by Crippen LogP contribution is 2.30. The minimum absolute atomic E-state index is 0.676. The van der Waals surface area contributed by atoms with Crippen molar-refractivity contribution in [1.82, 2.24) is 0 Å². The van der Waals surface area contributed by atoms with E-state index in [1.54, 1.807) is 11.3 Å². The van der Waals surface area contributed by atoms with Gasteiger partial charge < -0.3 is 4.74 Å². The van der Waals surface area contributed by atoms with Gasteiger partial charge in [-0.15, -0.1) is 0 Å². The van der Waals surface area contributed by atoms with Crippen LogP contribution in [0, 0.1) is 0 Å². The van der Waals surface area contributed by atoms with E-state index in [2.05, 4.69) is 47.2 Å². The first-order valence-electron chi connectivity index (χ1n) is 5.57. The van der Waals surface area contributed by atoms with Crippen molar-refractivity contribution in [3.8, 4) is 0 Å². The second kappa shape index (κ2) is 4.60. The molecule has 17 heavy (non-hydrogen) atoms. The first-order valence-corrected chi connectivity index (χ1v) is 6.51. The molecule has 1 aliphatic heterocycles. The molecule has 3 rings (SSSR count). The lowest BCUT2D eigenvalue weighted by Crippen LogP contribution is -1.92. The third-order valence-electron chi connectivity index (χ3n) is 2.72. The highest BCUT2D eigenvalue weighted by atomic mass is 32.1. The van der Waals surface area contributed by atoms with Crippen LogP contribution in [-0.4, -0.2) is 6.61 Å². The molecular formula is C15H12OS. The number of thiophene rings is 1. The van der Waals surface area contributed by atoms with Crippen LogP contribution in [0.15, 0.2) is 65.1 Å². The van der Waals surface area contributed by atoms with Crippen molar-refractivity contribution in [2.45, 2.75) is 0 Å². The summed E-state index contributed by atoms with van der Waals surface area (Å²) in [6.07, 6.45) is 4.10. The van der Waals surface area contributed by atoms with E-state index in [0.717, 1.165) is 5.76 Å². The highest BCUT2D eigenvalue weighted by Gasteiger charge is 2.13. The topological polar surface area (TPSA) is 9.23 Å². The van der Waals surface area contributed by atoms with E-state index in [-0.39, 0.29) is 0 Å². The van der Waals surface area contributed by atoms with E-state index in [1.165, 1.54) is 16.7 Å². The molecule has 0 bridgehead atoms. The predicted molar refractivity (Wildman–Crippen MR) is 71.9 cm³/mol. The van der Waals surface area contributed by atoms with Crippen LogP contribution < -0.4 is 0 Å². The molecule has 2 heteroatoms. The first kappa shape index (κ1) is 10.4. The van der Waals surface area contributed by atoms with Crippen molar-refractivity contribution >= 4 is 16.9 Å². The van der Waals surface area contributed by atoms with Crippen LogP contribution in [0.1, 0.15) is 11.1 Å². The number of allylic oxidation sites excluding steroid dienone is 1. The zero-order chi connectivity index (χ0) is 11.5. The zero-order valence-corrected chi connectivity index (χ0v) is 10.1. The van der Waals surface area contributed by atoms with Gasteiger partial charge in [0.05, 0.1) is 0 Å². The predicted octanol–water partition coefficient (Wildman–Crippen LogP) is 4.09. The summed E-state index contributed by atoms with van der Waals surface area (Å²) >= 11 is 1.71. The summed E-state index contributed by atoms with van der Waals surface area (Å²) in [5.74, 6) is 0.967. The molecule has 0 amide bonds. The van der Waals surface area contributed by atoms with Gasteiger partial charge in [0.15, 0.2) is 0 Å². The summed E-state index contributed by atoms with van der Waals surface area (Å²) in [5.41, 5.74) is 3.61. The SMILES string of the molecule is C1=CC(=C(c2ccccc2)c2ccsc2)OC1. The van der Waals surface area contributed by atoms with Crippen LogP contribution >= 0.6 is 11.3 Å². The van der Waals surface area contributed by atoms with Crippen LogP contribution in [0.3, 0.4) is 0 Å². The Morgan fingerprint density at radius 1 is 1.06 bits per heavy atom. The van der Waals surface area contributed by atoms with E-state index in [4.69, 9.17) is 4.74 Å². The molecule has 0 spiro atoms. The highest BCUT2D eigenvalue weighted by molar-refractivity contribution is 7.08. The summed E-state index contributed by atoms with van der Waals surface area (Å²) < 4.78 is 5.67. The average molecular weight is 240 g/mol. The molecule has 2 heterocycles. The van der Waals surface area contributed by atoms with Crippen LogP contribution in [0.25, 0.3) is 5.57 Å². The largest absolute Gasteiger partial charge is 0.489 e. The van der Waals surface area contributed by atoms with Crippen molar-refractivity contribution in [2.24, 2.45) is 0 Å². The summed E-state index contributed by atoms with van der Waals surface area (Å²) in [6.45, 7) is 0.676. The van der Waals surface area contributed by atoms with E-state index in [1.807, 2.05) is 12.1 Å². The molecule has 0 saturated carbocycles. The molecule has 1 aromatic heterocycles. The Morgan fingerprint density at radius 3 is 2.59 bits per heavy atom. The Bertz CT molecular complexity index is 550. The molecule has 0 saturated heterocycles. The Morgan fingerprint density at radius 2 is 1.94 bits per heavy atom. The standard InChI is InChI=1S/C15H12OS/c1-2-5-12(6-3-1)15(13-8-10-17-11-13)14-7-4-9-16-14/h1-8,10-11H,9H2. The van der Waals surface area contributed by atoms with Gasteiger partial charge in [0.2, 0.25) is 0 Å². The summed E-state index contributed by atoms with van der Waals surface area (Å²) in [5, 5.41) is 4.25. The zero-order valence-electron chi connectivity index (χ0n) is 9.30. The third kappa shape index (κ3) is 2.04. The fraction of sp³-hybridized carbons (Fsp3) is 0.0667. The quantitative estimate of drug-likeness (QED) is 0.768. The number of hydrogen-bond acceptors (Lipinski definition) is 2. The van der Waals surface area contributed by atoms with E-state index in [9.17, 15) is 0 Å². The van der Waals surface area contributed by atoms with E-state index < -0.39 is 0 Å². The molecule has 0 unspecified atom stereocenters. The second-order valence-corrected chi connectivity index (χ2v) is 4.61. The van der Waals surface area contributed by atoms with Gasteiger partial charge in [0.1, 0.15) is 12.4 Å². The van der Waals surface area contributed by atoms with Crippen molar-refractivity contribution in [3.05, 3.63) is 76.2 Å². The maximum Gasteiger partial charge on any atom is 0.128 e. The van der Waals surface area contributed by atoms with Crippen LogP contribution in [0.2, 0.25) is 0 Å². The average Bonchev–Trinajstić information content (AvgIpc) is 3.04. The smallest absolute Gasteiger partial charge is 0.128 e. The van der Waals surface area contributed by atoms with Gasteiger partial charge in [-0.25, -0.2) is 0 Å². The van der Waals surface area contributed by atoms with Gasteiger partial charge in [-0.05, 0) is 40.1 Å². The first-order chi connectivity index (χ1) is 8.45. The molecule has 0 N–H and O–H groups in total. The minimum atomic E-state index is 0.676. The van der Waals surface area contributed by atoms with E-state index >= 15 is 0 Å². The molecule has 0 radical (unpaired) electrons. The van der Waals surface area contributed by atoms with E-state index in [0.29, 0.717) is 6.61 Å². The molecule has 1 nitrogen and oxygen atoms in total. The number of rotatable bonds is 2. The molecule has 84 valence electrons. The number of ether oxygens (including phenoxy) is 1. The lowest BCUT2D eigenvalue weighted by atomic mass is 9.99. The third-order valence-corrected chi connectivity index (χ3v) is 3.41. The van der Waals surface area contributed by atoms with Crippen LogP contribution in [0.4, 0.5) is 0 Å². The Hall–Kier alpha value is -1.80. The minimum Gasteiger partial charge on any atom is -0.489 e. The molecular weight excluding hydrogens is 228 g/mol. The normalized spacial score (nSPS) is 16.9. The van der Waals surface area contributed by atoms with Gasteiger partial charge in [-0.1, -0.05) is 30.3 Å². The van der Waals surface area contributed by atoms with Gasteiger partial charge in [-0.3, -0.25) is 0 Å². The van der Waals surface area contributed by atoms with Gasteiger partial charge in [0, 0.05) is 5.57 Å². The van der Waals surface area contributed by atoms with Crippen LogP contribution in [0.5, 0.6) is 0 Å². The molecule has 1 aromatic carbocycles. The van der Waals surface area contributed by atoms with Gasteiger partial charge in [0.25, 0.3) is 0 Å². The summed E-state index contributed by atoms with van der Waals surface area (Å²) in [6, 6.07) is 12.5. The lowest BCUT2D eigenvalue weighted by molar-refractivity contribution is 0.281. The van der Waals surface area contributed by atoms with Crippen molar-refractivity contribution in [3.63, 3.8) is 0 Å². The monoisotopic (exact) mass is 240 g/mol. The van der Waals surface area contributed by atoms with Crippen molar-refractivity contribution < 1.29 is 4.74 Å². The second-order valence-electron chi connectivity index (χ2n) is 3.83. The fourth-order valence-electron chi connectivity index (χ4n) is 1.96. The molecule has 2 aromatic rings. The van der Waals surface area contributed by atoms with Crippen LogP contribution in [-0.2, 0) is 4.74 Å². The Labute approximate surface area is 105 Å². The molecule has 0 fully saturated rings. The molecule has 0 aliphatic carbocycles. The maximum absolute atomic E-state index is 5.67. The van der Waals surface area contributed by atoms with Crippen molar-refractivity contribution in [2.75, 3.05) is 6.61 Å². The molecule has 1 aliphatic rings. The number of benzene rings is 1. The summed E-state index contributed by atoms with van der Waals surface area (Å²) in [4.78, 5) is 0. The summed E-state index contributed by atoms with van der Waals surface area (Å²) in [7, 11) is 0. The lowest BCUT2D eigenvalue weighted by Gasteiger charge is -2.09.